The van der Waals surface area contributed by atoms with Crippen LogP contribution >= 0.6 is 0 Å². The van der Waals surface area contributed by atoms with Gasteiger partial charge in [-0.3, -0.25) is 9.59 Å². The molecule has 110 valence electrons. The molecule has 0 bridgehead atoms. The normalized spacial score (nSPS) is 10.4. The summed E-state index contributed by atoms with van der Waals surface area (Å²) in [6.45, 7) is -0.870. The third kappa shape index (κ3) is 4.83. The Hall–Kier alpha value is -2.18. The second-order valence-corrected chi connectivity index (χ2v) is 3.93. The maximum Gasteiger partial charge on any atom is 0.387 e. The van der Waals surface area contributed by atoms with Gasteiger partial charge in [0.1, 0.15) is 5.75 Å². The smallest absolute Gasteiger partial charge is 0.387 e. The van der Waals surface area contributed by atoms with E-state index in [1.165, 1.54) is 29.2 Å². The van der Waals surface area contributed by atoms with Crippen LogP contribution in [0.4, 0.5) is 8.78 Å². The number of ether oxygens (including phenoxy) is 1. The molecule has 0 saturated carbocycles. The highest BCUT2D eigenvalue weighted by molar-refractivity contribution is 5.94. The number of hydrogen-bond acceptors (Lipinski definition) is 3. The number of carboxylic acids is 1. The van der Waals surface area contributed by atoms with Crippen LogP contribution in [-0.4, -0.2) is 41.6 Å². The van der Waals surface area contributed by atoms with Gasteiger partial charge in [0.2, 0.25) is 0 Å². The van der Waals surface area contributed by atoms with E-state index in [1.807, 2.05) is 0 Å². The van der Waals surface area contributed by atoms with Crippen molar-refractivity contribution in [1.29, 1.82) is 0 Å². The molecule has 0 radical (unpaired) electrons. The van der Waals surface area contributed by atoms with Crippen molar-refractivity contribution in [2.24, 2.45) is 0 Å². The number of amides is 1. The number of carbonyl (C=O) groups excluding carboxylic acids is 1. The predicted molar refractivity (Wildman–Crippen MR) is 66.9 cm³/mol. The van der Waals surface area contributed by atoms with E-state index in [0.717, 1.165) is 0 Å². The van der Waals surface area contributed by atoms with Gasteiger partial charge in [0, 0.05) is 18.7 Å². The van der Waals surface area contributed by atoms with Gasteiger partial charge in [0.05, 0.1) is 6.42 Å². The SMILES string of the molecule is CCN(CCC(=O)O)C(=O)c1cccc(OC(F)F)c1. The second kappa shape index (κ2) is 7.42. The van der Waals surface area contributed by atoms with Crippen LogP contribution in [0.25, 0.3) is 0 Å². The highest BCUT2D eigenvalue weighted by atomic mass is 19.3. The molecule has 5 nitrogen and oxygen atoms in total. The molecular formula is C13H15F2NO4. The molecule has 1 aromatic rings. The Bertz CT molecular complexity index is 479. The summed E-state index contributed by atoms with van der Waals surface area (Å²) in [7, 11) is 0. The minimum Gasteiger partial charge on any atom is -0.481 e. The van der Waals surface area contributed by atoms with Gasteiger partial charge in [-0.1, -0.05) is 6.07 Å². The number of carboxylic acid groups (broad SMARTS) is 1. The summed E-state index contributed by atoms with van der Waals surface area (Å²) in [6.07, 6.45) is -0.174. The lowest BCUT2D eigenvalue weighted by Gasteiger charge is -2.20. The quantitative estimate of drug-likeness (QED) is 0.835. The molecule has 0 aromatic heterocycles. The summed E-state index contributed by atoms with van der Waals surface area (Å²) in [6, 6.07) is 5.41. The molecule has 0 fully saturated rings. The zero-order valence-electron chi connectivity index (χ0n) is 10.9. The maximum atomic E-state index is 12.1. The Labute approximate surface area is 114 Å². The van der Waals surface area contributed by atoms with Gasteiger partial charge in [0.25, 0.3) is 5.91 Å². The highest BCUT2D eigenvalue weighted by Crippen LogP contribution is 2.17. The zero-order chi connectivity index (χ0) is 15.1. The number of hydrogen-bond donors (Lipinski definition) is 1. The first-order valence-electron chi connectivity index (χ1n) is 6.00. The van der Waals surface area contributed by atoms with Gasteiger partial charge in [-0.15, -0.1) is 0 Å². The molecule has 0 atom stereocenters. The number of rotatable bonds is 7. The summed E-state index contributed by atoms with van der Waals surface area (Å²) in [5, 5.41) is 8.61. The largest absolute Gasteiger partial charge is 0.481 e. The number of halogens is 2. The molecule has 1 rings (SSSR count). The minimum atomic E-state index is -2.96. The Morgan fingerprint density at radius 3 is 2.65 bits per heavy atom. The van der Waals surface area contributed by atoms with Crippen molar-refractivity contribution in [2.45, 2.75) is 20.0 Å². The van der Waals surface area contributed by atoms with Crippen molar-refractivity contribution >= 4 is 11.9 Å². The van der Waals surface area contributed by atoms with Gasteiger partial charge in [-0.05, 0) is 25.1 Å². The molecule has 20 heavy (non-hydrogen) atoms. The van der Waals surface area contributed by atoms with Crippen molar-refractivity contribution in [2.75, 3.05) is 13.1 Å². The molecule has 0 saturated heterocycles. The summed E-state index contributed by atoms with van der Waals surface area (Å²) in [5.74, 6) is -1.54. The van der Waals surface area contributed by atoms with Crippen molar-refractivity contribution in [1.82, 2.24) is 4.90 Å². The van der Waals surface area contributed by atoms with Crippen molar-refractivity contribution in [3.63, 3.8) is 0 Å². The number of alkyl halides is 2. The van der Waals surface area contributed by atoms with Gasteiger partial charge in [-0.25, -0.2) is 0 Å². The number of aliphatic carboxylic acids is 1. The molecule has 1 amide bonds. The van der Waals surface area contributed by atoms with Gasteiger partial charge in [0.15, 0.2) is 0 Å². The van der Waals surface area contributed by atoms with E-state index >= 15 is 0 Å². The molecule has 0 spiro atoms. The predicted octanol–water partition coefficient (Wildman–Crippen LogP) is 2.22. The van der Waals surface area contributed by atoms with E-state index in [2.05, 4.69) is 4.74 Å². The second-order valence-electron chi connectivity index (χ2n) is 3.93. The average Bonchev–Trinajstić information content (AvgIpc) is 2.38. The number of carbonyl (C=O) groups is 2. The summed E-state index contributed by atoms with van der Waals surface area (Å²) < 4.78 is 28.4. The number of benzene rings is 1. The van der Waals surface area contributed by atoms with E-state index < -0.39 is 18.5 Å². The van der Waals surface area contributed by atoms with Crippen LogP contribution < -0.4 is 4.74 Å². The van der Waals surface area contributed by atoms with Crippen LogP contribution in [0.3, 0.4) is 0 Å². The van der Waals surface area contributed by atoms with Gasteiger partial charge in [-0.2, -0.15) is 8.78 Å². The van der Waals surface area contributed by atoms with E-state index in [0.29, 0.717) is 6.54 Å². The molecule has 0 unspecified atom stereocenters. The first-order valence-corrected chi connectivity index (χ1v) is 6.00. The minimum absolute atomic E-state index is 0.0601. The first-order chi connectivity index (χ1) is 9.43. The monoisotopic (exact) mass is 287 g/mol. The van der Waals surface area contributed by atoms with Crippen molar-refractivity contribution in [3.05, 3.63) is 29.8 Å². The molecule has 0 heterocycles. The Kier molecular flexibility index (Phi) is 5.89. The number of nitrogens with zero attached hydrogens (tertiary/aromatic N) is 1. The van der Waals surface area contributed by atoms with Gasteiger partial charge < -0.3 is 14.7 Å². The van der Waals surface area contributed by atoms with Crippen molar-refractivity contribution in [3.8, 4) is 5.75 Å². The molecule has 1 aromatic carbocycles. The Morgan fingerprint density at radius 1 is 1.40 bits per heavy atom. The van der Waals surface area contributed by atoms with E-state index in [1.54, 1.807) is 6.92 Å². The fraction of sp³-hybridized carbons (Fsp3) is 0.385. The molecule has 0 aliphatic heterocycles. The summed E-state index contributed by atoms with van der Waals surface area (Å²) in [4.78, 5) is 24.0. The first kappa shape index (κ1) is 15.9. The fourth-order valence-corrected chi connectivity index (χ4v) is 1.62. The van der Waals surface area contributed by atoms with E-state index in [-0.39, 0.29) is 24.3 Å². The molecule has 0 aliphatic carbocycles. The van der Waals surface area contributed by atoms with Crippen LogP contribution in [0.5, 0.6) is 5.75 Å². The van der Waals surface area contributed by atoms with Crippen LogP contribution in [0.2, 0.25) is 0 Å². The van der Waals surface area contributed by atoms with E-state index in [4.69, 9.17) is 5.11 Å². The standard InChI is InChI=1S/C13H15F2NO4/c1-2-16(7-6-11(17)18)12(19)9-4-3-5-10(8-9)20-13(14)15/h3-5,8,13H,2,6-7H2,1H3,(H,17,18). The Morgan fingerprint density at radius 2 is 2.10 bits per heavy atom. The van der Waals surface area contributed by atoms with Crippen LogP contribution in [-0.2, 0) is 4.79 Å². The molecule has 0 aliphatic rings. The molecule has 1 N–H and O–H groups in total. The average molecular weight is 287 g/mol. The molecular weight excluding hydrogens is 272 g/mol. The molecule has 7 heteroatoms. The lowest BCUT2D eigenvalue weighted by molar-refractivity contribution is -0.137. The van der Waals surface area contributed by atoms with Gasteiger partial charge >= 0.3 is 12.6 Å². The van der Waals surface area contributed by atoms with Crippen LogP contribution in [0.15, 0.2) is 24.3 Å². The van der Waals surface area contributed by atoms with Crippen LogP contribution in [0, 0.1) is 0 Å². The topological polar surface area (TPSA) is 66.8 Å². The summed E-state index contributed by atoms with van der Waals surface area (Å²) in [5.41, 5.74) is 0.176. The zero-order valence-corrected chi connectivity index (χ0v) is 10.9. The fourth-order valence-electron chi connectivity index (χ4n) is 1.62. The van der Waals surface area contributed by atoms with E-state index in [9.17, 15) is 18.4 Å². The van der Waals surface area contributed by atoms with Crippen LogP contribution in [0.1, 0.15) is 23.7 Å². The Balaban J connectivity index is 2.81. The lowest BCUT2D eigenvalue weighted by atomic mass is 10.2. The van der Waals surface area contributed by atoms with Crippen molar-refractivity contribution < 1.29 is 28.2 Å². The maximum absolute atomic E-state index is 12.1. The summed E-state index contributed by atoms with van der Waals surface area (Å²) >= 11 is 0. The highest BCUT2D eigenvalue weighted by Gasteiger charge is 2.16. The third-order valence-electron chi connectivity index (χ3n) is 2.57. The third-order valence-corrected chi connectivity index (χ3v) is 2.57. The lowest BCUT2D eigenvalue weighted by Crippen LogP contribution is -2.32.